The predicted octanol–water partition coefficient (Wildman–Crippen LogP) is 3.02. The number of hydrogen-bond acceptors (Lipinski definition) is 4. The maximum absolute atomic E-state index is 11.3. The van der Waals surface area contributed by atoms with Crippen LogP contribution in [-0.4, -0.2) is 18.8 Å². The molecule has 0 saturated heterocycles. The lowest BCUT2D eigenvalue weighted by Gasteiger charge is -2.10. The summed E-state index contributed by atoms with van der Waals surface area (Å²) in [5, 5.41) is 7.50. The molecule has 0 heterocycles. The van der Waals surface area contributed by atoms with Crippen molar-refractivity contribution in [2.24, 2.45) is 0 Å². The first-order chi connectivity index (χ1) is 7.99. The van der Waals surface area contributed by atoms with Crippen LogP contribution in [0.25, 0.3) is 0 Å². The Bertz CT molecular complexity index is 431. The Morgan fingerprint density at radius 1 is 1.35 bits per heavy atom. The van der Waals surface area contributed by atoms with Crippen molar-refractivity contribution in [2.45, 2.75) is 27.7 Å². The molecule has 0 atom stereocenters. The molecule has 0 unspecified atom stereocenters. The number of nitrogens with two attached hydrogens (primary N) is 1. The fourth-order valence-corrected chi connectivity index (χ4v) is 1.39. The van der Waals surface area contributed by atoms with Crippen molar-refractivity contribution in [1.82, 2.24) is 0 Å². The van der Waals surface area contributed by atoms with Crippen LogP contribution in [0.1, 0.15) is 43.7 Å². The number of nitrogen functional groups attached to an aromatic ring is 1. The first kappa shape index (κ1) is 15.2. The quantitative estimate of drug-likeness (QED) is 0.472. The fraction of sp³-hybridized carbons (Fsp3) is 0.385. The molecule has 0 saturated carbocycles. The smallest absolute Gasteiger partial charge is 0.338 e. The minimum atomic E-state index is -0.409. The normalized spacial score (nSPS) is 9.00. The van der Waals surface area contributed by atoms with Gasteiger partial charge in [-0.25, -0.2) is 4.79 Å². The summed E-state index contributed by atoms with van der Waals surface area (Å²) in [7, 11) is 1.33. The first-order valence-corrected chi connectivity index (χ1v) is 5.52. The molecule has 0 aliphatic rings. The molecule has 1 rings (SSSR count). The first-order valence-electron chi connectivity index (χ1n) is 5.52. The molecular formula is C13H22N2O2. The lowest BCUT2D eigenvalue weighted by Crippen LogP contribution is -2.09. The van der Waals surface area contributed by atoms with Crippen LogP contribution in [-0.2, 0) is 4.74 Å². The average molecular weight is 238 g/mol. The molecule has 1 aromatic carbocycles. The number of ether oxygens (including phenoxy) is 1. The monoisotopic (exact) mass is 238 g/mol. The molecule has 4 heteroatoms. The van der Waals surface area contributed by atoms with Crippen LogP contribution >= 0.6 is 0 Å². The van der Waals surface area contributed by atoms with E-state index in [9.17, 15) is 4.79 Å². The molecule has 17 heavy (non-hydrogen) atoms. The van der Waals surface area contributed by atoms with Gasteiger partial charge in [-0.15, -0.1) is 0 Å². The number of carbonyl (C=O) groups is 1. The van der Waals surface area contributed by atoms with Gasteiger partial charge in [0.15, 0.2) is 0 Å². The van der Waals surface area contributed by atoms with Gasteiger partial charge in [0.1, 0.15) is 0 Å². The van der Waals surface area contributed by atoms with Gasteiger partial charge in [0.05, 0.1) is 12.7 Å². The number of esters is 1. The molecule has 0 spiro atoms. The third kappa shape index (κ3) is 3.31. The van der Waals surface area contributed by atoms with Gasteiger partial charge in [-0.3, -0.25) is 0 Å². The minimum Gasteiger partial charge on any atom is -0.465 e. The summed E-state index contributed by atoms with van der Waals surface area (Å²) in [6, 6.07) is 3.29. The second-order valence-corrected chi connectivity index (χ2v) is 3.32. The van der Waals surface area contributed by atoms with E-state index in [0.29, 0.717) is 28.1 Å². The summed E-state index contributed by atoms with van der Waals surface area (Å²) in [4.78, 5) is 11.3. The number of rotatable bonds is 2. The van der Waals surface area contributed by atoms with E-state index >= 15 is 0 Å². The highest BCUT2D eigenvalue weighted by molar-refractivity contribution is 6.03. The average Bonchev–Trinajstić information content (AvgIpc) is 2.33. The largest absolute Gasteiger partial charge is 0.465 e. The van der Waals surface area contributed by atoms with E-state index in [1.54, 1.807) is 26.0 Å². The van der Waals surface area contributed by atoms with Gasteiger partial charge in [-0.1, -0.05) is 19.9 Å². The number of carbonyl (C=O) groups excluding carboxylic acids is 1. The third-order valence-electron chi connectivity index (χ3n) is 2.32. The summed E-state index contributed by atoms with van der Waals surface area (Å²) >= 11 is 0. The van der Waals surface area contributed by atoms with E-state index in [0.717, 1.165) is 0 Å². The van der Waals surface area contributed by atoms with Crippen molar-refractivity contribution in [1.29, 1.82) is 5.41 Å². The van der Waals surface area contributed by atoms with Crippen LogP contribution in [0.2, 0.25) is 0 Å². The second-order valence-electron chi connectivity index (χ2n) is 3.32. The highest BCUT2D eigenvalue weighted by atomic mass is 16.5. The van der Waals surface area contributed by atoms with Crippen molar-refractivity contribution in [2.75, 3.05) is 12.8 Å². The molecule has 3 N–H and O–H groups in total. The van der Waals surface area contributed by atoms with Gasteiger partial charge in [0.25, 0.3) is 0 Å². The van der Waals surface area contributed by atoms with Gasteiger partial charge in [0.2, 0.25) is 0 Å². The SMILES string of the molecule is CC.COC(=O)c1ccc(C(C)=N)c(N)c1C.[HH]. The Labute approximate surface area is 104 Å². The van der Waals surface area contributed by atoms with Crippen molar-refractivity contribution in [3.8, 4) is 0 Å². The van der Waals surface area contributed by atoms with E-state index in [2.05, 4.69) is 4.74 Å². The van der Waals surface area contributed by atoms with E-state index < -0.39 is 5.97 Å². The lowest BCUT2D eigenvalue weighted by molar-refractivity contribution is 0.0600. The second kappa shape index (κ2) is 6.68. The summed E-state index contributed by atoms with van der Waals surface area (Å²) in [6.07, 6.45) is 0. The molecule has 0 aliphatic heterocycles. The van der Waals surface area contributed by atoms with Gasteiger partial charge >= 0.3 is 5.97 Å². The maximum Gasteiger partial charge on any atom is 0.338 e. The number of hydrogen-bond donors (Lipinski definition) is 2. The summed E-state index contributed by atoms with van der Waals surface area (Å²) in [5.41, 5.74) is 8.43. The standard InChI is InChI=1S/C11H14N2O2.C2H6.H2/c1-6-8(11(14)15-3)4-5-9(7(2)12)10(6)13;1-2;/h4-5,12H,13H2,1-3H3;1-2H3;1H. The molecule has 0 aliphatic carbocycles. The van der Waals surface area contributed by atoms with Gasteiger partial charge in [-0.2, -0.15) is 0 Å². The van der Waals surface area contributed by atoms with Crippen LogP contribution in [0.4, 0.5) is 5.69 Å². The highest BCUT2D eigenvalue weighted by Crippen LogP contribution is 2.22. The van der Waals surface area contributed by atoms with Crippen molar-refractivity contribution in [3.05, 3.63) is 28.8 Å². The van der Waals surface area contributed by atoms with Crippen LogP contribution in [0.3, 0.4) is 0 Å². The predicted molar refractivity (Wildman–Crippen MR) is 72.9 cm³/mol. The van der Waals surface area contributed by atoms with Crippen LogP contribution < -0.4 is 5.73 Å². The van der Waals surface area contributed by atoms with Crippen molar-refractivity contribution < 1.29 is 11.0 Å². The van der Waals surface area contributed by atoms with E-state index in [4.69, 9.17) is 11.1 Å². The molecule has 4 nitrogen and oxygen atoms in total. The van der Waals surface area contributed by atoms with Crippen LogP contribution in [0, 0.1) is 12.3 Å². The minimum absolute atomic E-state index is 0. The van der Waals surface area contributed by atoms with Crippen LogP contribution in [0.15, 0.2) is 12.1 Å². The molecule has 0 radical (unpaired) electrons. The maximum atomic E-state index is 11.3. The van der Waals surface area contributed by atoms with E-state index in [-0.39, 0.29) is 1.43 Å². The zero-order valence-corrected chi connectivity index (χ0v) is 11.0. The van der Waals surface area contributed by atoms with Gasteiger partial charge in [0, 0.05) is 18.4 Å². The highest BCUT2D eigenvalue weighted by Gasteiger charge is 2.14. The Kier molecular flexibility index (Phi) is 5.96. The van der Waals surface area contributed by atoms with Gasteiger partial charge in [-0.05, 0) is 25.5 Å². The third-order valence-corrected chi connectivity index (χ3v) is 2.32. The molecule has 0 amide bonds. The van der Waals surface area contributed by atoms with Crippen LogP contribution in [0.5, 0.6) is 0 Å². The lowest BCUT2D eigenvalue weighted by atomic mass is 10.00. The van der Waals surface area contributed by atoms with E-state index in [1.165, 1.54) is 7.11 Å². The van der Waals surface area contributed by atoms with Crippen molar-refractivity contribution >= 4 is 17.4 Å². The van der Waals surface area contributed by atoms with E-state index in [1.807, 2.05) is 13.8 Å². The Morgan fingerprint density at radius 2 is 1.82 bits per heavy atom. The molecule has 0 aromatic heterocycles. The number of benzene rings is 1. The Balaban J connectivity index is 0. The Hall–Kier alpha value is -1.84. The summed E-state index contributed by atoms with van der Waals surface area (Å²) in [6.45, 7) is 7.40. The topological polar surface area (TPSA) is 76.2 Å². The molecule has 1 aromatic rings. The fourth-order valence-electron chi connectivity index (χ4n) is 1.39. The summed E-state index contributed by atoms with van der Waals surface area (Å²) < 4.78 is 4.62. The Morgan fingerprint density at radius 3 is 2.24 bits per heavy atom. The summed E-state index contributed by atoms with van der Waals surface area (Å²) in [5.74, 6) is -0.409. The molecular weight excluding hydrogens is 216 g/mol. The molecule has 0 bridgehead atoms. The molecule has 0 fully saturated rings. The zero-order chi connectivity index (χ0) is 13.6. The molecule has 96 valence electrons. The number of anilines is 1. The van der Waals surface area contributed by atoms with Crippen molar-refractivity contribution in [3.63, 3.8) is 0 Å². The van der Waals surface area contributed by atoms with Gasteiger partial charge < -0.3 is 15.9 Å². The number of nitrogens with one attached hydrogen (secondary N) is 1. The zero-order valence-electron chi connectivity index (χ0n) is 11.0. The number of methoxy groups -OCH3 is 1.